The van der Waals surface area contributed by atoms with Crippen LogP contribution in [0.5, 0.6) is 0 Å². The second-order valence-electron chi connectivity index (χ2n) is 5.04. The number of rotatable bonds is 6. The zero-order valence-electron chi connectivity index (χ0n) is 11.5. The molecule has 0 radical (unpaired) electrons. The Hall–Kier alpha value is -2.38. The number of aliphatic carboxylic acids is 1. The molecule has 0 unspecified atom stereocenters. The van der Waals surface area contributed by atoms with E-state index in [2.05, 4.69) is 5.32 Å². The summed E-state index contributed by atoms with van der Waals surface area (Å²) in [6.07, 6.45) is 1.03. The number of aryl methyl sites for hydroxylation is 1. The SMILES string of the molecule is CCn1cc([N+](=O)[O-])cc1C(=O)NC(C)(C)CC(=O)O. The Bertz CT molecular complexity index is 547. The number of amides is 1. The van der Waals surface area contributed by atoms with Crippen LogP contribution in [0.1, 0.15) is 37.7 Å². The van der Waals surface area contributed by atoms with Gasteiger partial charge in [0.1, 0.15) is 5.69 Å². The molecule has 1 aromatic heterocycles. The van der Waals surface area contributed by atoms with Crippen LogP contribution in [0.25, 0.3) is 0 Å². The summed E-state index contributed by atoms with van der Waals surface area (Å²) in [6.45, 7) is 5.30. The molecule has 0 fully saturated rings. The van der Waals surface area contributed by atoms with Crippen LogP contribution in [0.3, 0.4) is 0 Å². The molecule has 0 aliphatic carbocycles. The highest BCUT2D eigenvalue weighted by Crippen LogP contribution is 2.18. The predicted molar refractivity (Wildman–Crippen MR) is 70.6 cm³/mol. The van der Waals surface area contributed by atoms with Crippen LogP contribution in [0, 0.1) is 10.1 Å². The summed E-state index contributed by atoms with van der Waals surface area (Å²) in [7, 11) is 0. The van der Waals surface area contributed by atoms with E-state index in [9.17, 15) is 19.7 Å². The van der Waals surface area contributed by atoms with Gasteiger partial charge in [-0.1, -0.05) is 0 Å². The van der Waals surface area contributed by atoms with Crippen molar-refractivity contribution in [3.8, 4) is 0 Å². The van der Waals surface area contributed by atoms with Crippen molar-refractivity contribution in [1.29, 1.82) is 0 Å². The number of carbonyl (C=O) groups is 2. The largest absolute Gasteiger partial charge is 0.481 e. The summed E-state index contributed by atoms with van der Waals surface area (Å²) in [4.78, 5) is 33.0. The first-order chi connectivity index (χ1) is 9.16. The third-order valence-corrected chi connectivity index (χ3v) is 2.71. The molecular weight excluding hydrogens is 266 g/mol. The van der Waals surface area contributed by atoms with Crippen molar-refractivity contribution in [1.82, 2.24) is 9.88 Å². The van der Waals surface area contributed by atoms with Gasteiger partial charge in [-0.05, 0) is 20.8 Å². The molecular formula is C12H17N3O5. The normalized spacial score (nSPS) is 11.2. The Morgan fingerprint density at radius 2 is 2.10 bits per heavy atom. The summed E-state index contributed by atoms with van der Waals surface area (Å²) in [5.41, 5.74) is -0.980. The molecule has 8 heteroatoms. The van der Waals surface area contributed by atoms with E-state index >= 15 is 0 Å². The summed E-state index contributed by atoms with van der Waals surface area (Å²) in [5, 5.41) is 22.1. The molecule has 1 amide bonds. The Morgan fingerprint density at radius 1 is 1.50 bits per heavy atom. The van der Waals surface area contributed by atoms with E-state index in [1.54, 1.807) is 20.8 Å². The monoisotopic (exact) mass is 283 g/mol. The molecule has 0 aliphatic heterocycles. The molecule has 20 heavy (non-hydrogen) atoms. The van der Waals surface area contributed by atoms with Gasteiger partial charge < -0.3 is 15.0 Å². The predicted octanol–water partition coefficient (Wildman–Crippen LogP) is 1.40. The minimum atomic E-state index is -1.04. The third-order valence-electron chi connectivity index (χ3n) is 2.71. The average molecular weight is 283 g/mol. The van der Waals surface area contributed by atoms with Gasteiger partial charge in [-0.3, -0.25) is 19.7 Å². The van der Waals surface area contributed by atoms with Gasteiger partial charge in [0.25, 0.3) is 11.6 Å². The van der Waals surface area contributed by atoms with Crippen molar-refractivity contribution in [2.75, 3.05) is 0 Å². The van der Waals surface area contributed by atoms with Crippen molar-refractivity contribution in [3.05, 3.63) is 28.1 Å². The number of nitrogens with zero attached hydrogens (tertiary/aromatic N) is 2. The lowest BCUT2D eigenvalue weighted by molar-refractivity contribution is -0.384. The van der Waals surface area contributed by atoms with Gasteiger partial charge in [-0.25, -0.2) is 0 Å². The van der Waals surface area contributed by atoms with E-state index in [4.69, 9.17) is 5.11 Å². The van der Waals surface area contributed by atoms with Gasteiger partial charge in [0.05, 0.1) is 17.5 Å². The Kier molecular flexibility index (Phi) is 4.49. The van der Waals surface area contributed by atoms with Crippen LogP contribution in [0.2, 0.25) is 0 Å². The maximum atomic E-state index is 12.1. The van der Waals surface area contributed by atoms with E-state index in [0.717, 1.165) is 0 Å². The quantitative estimate of drug-likeness (QED) is 0.605. The molecule has 0 atom stereocenters. The van der Waals surface area contributed by atoms with E-state index in [1.165, 1.54) is 16.8 Å². The van der Waals surface area contributed by atoms with E-state index < -0.39 is 22.3 Å². The van der Waals surface area contributed by atoms with Crippen LogP contribution in [0.4, 0.5) is 5.69 Å². The number of carboxylic acid groups (broad SMARTS) is 1. The number of aromatic nitrogens is 1. The molecule has 0 aliphatic rings. The van der Waals surface area contributed by atoms with Crippen molar-refractivity contribution in [2.45, 2.75) is 39.3 Å². The summed E-state index contributed by atoms with van der Waals surface area (Å²) >= 11 is 0. The van der Waals surface area contributed by atoms with Crippen molar-refractivity contribution < 1.29 is 19.6 Å². The standard InChI is InChI=1S/C12H17N3O5/c1-4-14-7-8(15(19)20)5-9(14)11(18)13-12(2,3)6-10(16)17/h5,7H,4,6H2,1-3H3,(H,13,18)(H,16,17). The number of nitrogens with one attached hydrogen (secondary N) is 1. The lowest BCUT2D eigenvalue weighted by atomic mass is 10.0. The highest BCUT2D eigenvalue weighted by atomic mass is 16.6. The fourth-order valence-electron chi connectivity index (χ4n) is 1.84. The van der Waals surface area contributed by atoms with Crippen molar-refractivity contribution in [3.63, 3.8) is 0 Å². The summed E-state index contributed by atoms with van der Waals surface area (Å²) in [5.74, 6) is -1.57. The fourth-order valence-corrected chi connectivity index (χ4v) is 1.84. The maximum Gasteiger partial charge on any atom is 0.305 e. The average Bonchev–Trinajstić information content (AvgIpc) is 2.70. The lowest BCUT2D eigenvalue weighted by Gasteiger charge is -2.24. The molecule has 1 heterocycles. The Balaban J connectivity index is 2.97. The molecule has 0 bridgehead atoms. The second-order valence-corrected chi connectivity index (χ2v) is 5.04. The molecule has 0 saturated carbocycles. The van der Waals surface area contributed by atoms with Gasteiger partial charge in [-0.2, -0.15) is 0 Å². The van der Waals surface area contributed by atoms with Gasteiger partial charge >= 0.3 is 5.97 Å². The van der Waals surface area contributed by atoms with E-state index in [1.807, 2.05) is 0 Å². The third kappa shape index (κ3) is 3.81. The molecule has 8 nitrogen and oxygen atoms in total. The molecule has 110 valence electrons. The zero-order valence-corrected chi connectivity index (χ0v) is 11.5. The van der Waals surface area contributed by atoms with Crippen LogP contribution >= 0.6 is 0 Å². The number of nitro groups is 1. The van der Waals surface area contributed by atoms with Gasteiger partial charge in [-0.15, -0.1) is 0 Å². The first-order valence-corrected chi connectivity index (χ1v) is 6.05. The highest BCUT2D eigenvalue weighted by Gasteiger charge is 2.27. The smallest absolute Gasteiger partial charge is 0.305 e. The Morgan fingerprint density at radius 3 is 2.55 bits per heavy atom. The fraction of sp³-hybridized carbons (Fsp3) is 0.500. The van der Waals surface area contributed by atoms with Crippen LogP contribution < -0.4 is 5.32 Å². The molecule has 0 spiro atoms. The van der Waals surface area contributed by atoms with Gasteiger partial charge in [0, 0.05) is 18.2 Å². The van der Waals surface area contributed by atoms with Crippen molar-refractivity contribution in [2.24, 2.45) is 0 Å². The lowest BCUT2D eigenvalue weighted by Crippen LogP contribution is -2.45. The summed E-state index contributed by atoms with van der Waals surface area (Å²) in [6, 6.07) is 1.18. The summed E-state index contributed by atoms with van der Waals surface area (Å²) < 4.78 is 1.45. The molecule has 1 aromatic rings. The molecule has 0 aromatic carbocycles. The molecule has 1 rings (SSSR count). The first-order valence-electron chi connectivity index (χ1n) is 6.05. The molecule has 2 N–H and O–H groups in total. The maximum absolute atomic E-state index is 12.1. The van der Waals surface area contributed by atoms with Crippen molar-refractivity contribution >= 4 is 17.6 Å². The number of carbonyl (C=O) groups excluding carboxylic acids is 1. The first kappa shape index (κ1) is 15.7. The highest BCUT2D eigenvalue weighted by molar-refractivity contribution is 5.94. The van der Waals surface area contributed by atoms with E-state index in [-0.39, 0.29) is 17.8 Å². The zero-order chi connectivity index (χ0) is 15.5. The minimum Gasteiger partial charge on any atom is -0.481 e. The van der Waals surface area contributed by atoms with Crippen LogP contribution in [0.15, 0.2) is 12.3 Å². The Labute approximate surface area is 115 Å². The minimum absolute atomic E-state index is 0.137. The molecule has 0 saturated heterocycles. The van der Waals surface area contributed by atoms with Gasteiger partial charge in [0.2, 0.25) is 0 Å². The van der Waals surface area contributed by atoms with Crippen LogP contribution in [-0.2, 0) is 11.3 Å². The van der Waals surface area contributed by atoms with Crippen LogP contribution in [-0.4, -0.2) is 32.0 Å². The van der Waals surface area contributed by atoms with E-state index in [0.29, 0.717) is 6.54 Å². The van der Waals surface area contributed by atoms with Gasteiger partial charge in [0.15, 0.2) is 0 Å². The second kappa shape index (κ2) is 5.72. The number of hydrogen-bond acceptors (Lipinski definition) is 4. The number of hydrogen-bond donors (Lipinski definition) is 2. The topological polar surface area (TPSA) is 114 Å². The number of carboxylic acids is 1.